The van der Waals surface area contributed by atoms with Crippen LogP contribution < -0.4 is 15.4 Å². The lowest BCUT2D eigenvalue weighted by atomic mass is 9.85. The van der Waals surface area contributed by atoms with E-state index in [1.807, 2.05) is 34.6 Å². The van der Waals surface area contributed by atoms with E-state index < -0.39 is 29.6 Å². The van der Waals surface area contributed by atoms with E-state index in [-0.39, 0.29) is 17.6 Å². The molecule has 8 nitrogen and oxygen atoms in total. The molecule has 2 rings (SSSR count). The van der Waals surface area contributed by atoms with Crippen molar-refractivity contribution >= 4 is 24.0 Å². The minimum absolute atomic E-state index is 0.194. The summed E-state index contributed by atoms with van der Waals surface area (Å²) in [6.45, 7) is 9.71. The molecule has 1 saturated heterocycles. The van der Waals surface area contributed by atoms with Crippen molar-refractivity contribution in [3.8, 4) is 5.75 Å². The number of methoxy groups -OCH3 is 1. The Morgan fingerprint density at radius 2 is 1.81 bits per heavy atom. The maximum absolute atomic E-state index is 13.2. The van der Waals surface area contributed by atoms with Crippen LogP contribution in [0.15, 0.2) is 24.3 Å². The summed E-state index contributed by atoms with van der Waals surface area (Å²) in [4.78, 5) is 52.2. The van der Waals surface area contributed by atoms with Gasteiger partial charge in [-0.15, -0.1) is 0 Å². The van der Waals surface area contributed by atoms with E-state index >= 15 is 0 Å². The van der Waals surface area contributed by atoms with Gasteiger partial charge in [0.25, 0.3) is 0 Å². The van der Waals surface area contributed by atoms with Crippen LogP contribution in [0.2, 0.25) is 0 Å². The third kappa shape index (κ3) is 5.87. The number of nitrogens with one attached hydrogen (secondary N) is 2. The molecular weight excluding hydrogens is 410 g/mol. The van der Waals surface area contributed by atoms with Gasteiger partial charge in [0, 0.05) is 6.54 Å². The van der Waals surface area contributed by atoms with E-state index in [9.17, 15) is 19.2 Å². The first-order valence-corrected chi connectivity index (χ1v) is 11.0. The van der Waals surface area contributed by atoms with Gasteiger partial charge in [-0.05, 0) is 36.3 Å². The van der Waals surface area contributed by atoms with Crippen molar-refractivity contribution < 1.29 is 23.9 Å². The van der Waals surface area contributed by atoms with Crippen LogP contribution in [-0.4, -0.2) is 60.7 Å². The van der Waals surface area contributed by atoms with E-state index in [1.54, 1.807) is 24.3 Å². The van der Waals surface area contributed by atoms with Gasteiger partial charge >= 0.3 is 6.03 Å². The van der Waals surface area contributed by atoms with Crippen molar-refractivity contribution in [3.63, 3.8) is 0 Å². The van der Waals surface area contributed by atoms with Crippen LogP contribution in [0.5, 0.6) is 5.75 Å². The molecular formula is C24H35N3O5. The molecule has 1 aliphatic heterocycles. The minimum atomic E-state index is -0.850. The Hall–Kier alpha value is -2.90. The molecule has 1 aliphatic rings. The van der Waals surface area contributed by atoms with Gasteiger partial charge in [0.2, 0.25) is 5.91 Å². The number of hydrogen-bond acceptors (Lipinski definition) is 5. The zero-order chi connectivity index (χ0) is 24.1. The van der Waals surface area contributed by atoms with Crippen molar-refractivity contribution in [3.05, 3.63) is 29.8 Å². The molecule has 3 amide bonds. The number of carbonyl (C=O) groups is 4. The van der Waals surface area contributed by atoms with Gasteiger partial charge in [0.05, 0.1) is 24.8 Å². The zero-order valence-electron chi connectivity index (χ0n) is 19.8. The summed E-state index contributed by atoms with van der Waals surface area (Å²) in [6, 6.07) is 4.12. The van der Waals surface area contributed by atoms with Crippen LogP contribution in [0, 0.1) is 11.3 Å². The lowest BCUT2D eigenvalue weighted by Crippen LogP contribution is -2.59. The van der Waals surface area contributed by atoms with Gasteiger partial charge in [0.15, 0.2) is 5.78 Å². The van der Waals surface area contributed by atoms with Crippen LogP contribution >= 0.6 is 0 Å². The molecule has 0 saturated carbocycles. The molecule has 1 fully saturated rings. The quantitative estimate of drug-likeness (QED) is 0.473. The maximum atomic E-state index is 13.2. The fourth-order valence-electron chi connectivity index (χ4n) is 3.89. The SMILES string of the molecule is COc1ccccc1C(=O)C(NC(=O)NC(C(=O)N1CCC[C@H]1C=O)C(C)(C)C)C(C)C. The molecule has 0 aliphatic carbocycles. The number of benzene rings is 1. The number of amides is 3. The molecule has 3 atom stereocenters. The zero-order valence-corrected chi connectivity index (χ0v) is 19.8. The van der Waals surface area contributed by atoms with Crippen LogP contribution in [0.25, 0.3) is 0 Å². The normalized spacial score (nSPS) is 18.1. The Morgan fingerprint density at radius 3 is 2.38 bits per heavy atom. The van der Waals surface area contributed by atoms with Gasteiger partial charge in [0.1, 0.15) is 18.1 Å². The van der Waals surface area contributed by atoms with Crippen molar-refractivity contribution in [1.29, 1.82) is 0 Å². The Morgan fingerprint density at radius 1 is 1.16 bits per heavy atom. The highest BCUT2D eigenvalue weighted by atomic mass is 16.5. The first-order valence-electron chi connectivity index (χ1n) is 11.0. The third-order valence-electron chi connectivity index (χ3n) is 5.74. The second kappa shape index (κ2) is 10.6. The number of ether oxygens (including phenoxy) is 1. The fraction of sp³-hybridized carbons (Fsp3) is 0.583. The van der Waals surface area contributed by atoms with Gasteiger partial charge in [-0.3, -0.25) is 9.59 Å². The standard InChI is InChI=1S/C24H35N3O5/c1-15(2)19(20(29)17-11-7-8-12-18(17)32-6)25-23(31)26-21(24(3,4)5)22(30)27-13-9-10-16(27)14-28/h7-8,11-12,14-16,19,21H,9-10,13H2,1-6H3,(H2,25,26,31)/t16-,19?,21?/m0/s1. The van der Waals surface area contributed by atoms with Crippen molar-refractivity contribution in [2.45, 2.75) is 65.6 Å². The molecule has 32 heavy (non-hydrogen) atoms. The number of ketones is 1. The van der Waals surface area contributed by atoms with E-state index in [0.29, 0.717) is 24.3 Å². The van der Waals surface area contributed by atoms with E-state index in [2.05, 4.69) is 10.6 Å². The minimum Gasteiger partial charge on any atom is -0.496 e. The van der Waals surface area contributed by atoms with Gasteiger partial charge in [-0.2, -0.15) is 0 Å². The lowest BCUT2D eigenvalue weighted by Gasteiger charge is -2.35. The highest BCUT2D eigenvalue weighted by Crippen LogP contribution is 2.25. The first-order chi connectivity index (χ1) is 15.0. The summed E-state index contributed by atoms with van der Waals surface area (Å²) in [7, 11) is 1.49. The summed E-state index contributed by atoms with van der Waals surface area (Å²) < 4.78 is 5.29. The Kier molecular flexibility index (Phi) is 8.41. The Labute approximate surface area is 190 Å². The van der Waals surface area contributed by atoms with Crippen molar-refractivity contribution in [2.75, 3.05) is 13.7 Å². The highest BCUT2D eigenvalue weighted by Gasteiger charge is 2.40. The number of urea groups is 1. The monoisotopic (exact) mass is 445 g/mol. The number of hydrogen-bond donors (Lipinski definition) is 2. The number of aldehydes is 1. The van der Waals surface area contributed by atoms with E-state index in [0.717, 1.165) is 12.7 Å². The molecule has 1 aromatic rings. The molecule has 2 N–H and O–H groups in total. The molecule has 176 valence electrons. The summed E-state index contributed by atoms with van der Waals surface area (Å²) in [5.74, 6) is -0.326. The summed E-state index contributed by atoms with van der Waals surface area (Å²) in [6.07, 6.45) is 2.16. The molecule has 1 aromatic carbocycles. The second-order valence-corrected chi connectivity index (χ2v) is 9.58. The number of nitrogens with zero attached hydrogens (tertiary/aromatic N) is 1. The fourth-order valence-corrected chi connectivity index (χ4v) is 3.89. The van der Waals surface area contributed by atoms with E-state index in [4.69, 9.17) is 4.74 Å². The van der Waals surface area contributed by atoms with Crippen LogP contribution in [0.3, 0.4) is 0 Å². The topological polar surface area (TPSA) is 105 Å². The van der Waals surface area contributed by atoms with Crippen molar-refractivity contribution in [1.82, 2.24) is 15.5 Å². The summed E-state index contributed by atoms with van der Waals surface area (Å²) in [5.41, 5.74) is -0.215. The molecule has 0 aromatic heterocycles. The Bertz CT molecular complexity index is 846. The second-order valence-electron chi connectivity index (χ2n) is 9.58. The smallest absolute Gasteiger partial charge is 0.316 e. The number of rotatable bonds is 8. The molecule has 2 unspecified atom stereocenters. The predicted octanol–water partition coefficient (Wildman–Crippen LogP) is 2.81. The molecule has 0 radical (unpaired) electrons. The molecule has 0 spiro atoms. The lowest BCUT2D eigenvalue weighted by molar-refractivity contribution is -0.138. The van der Waals surface area contributed by atoms with Crippen LogP contribution in [-0.2, 0) is 9.59 Å². The first kappa shape index (κ1) is 25.4. The number of likely N-dealkylation sites (tertiary alicyclic amines) is 1. The third-order valence-corrected chi connectivity index (χ3v) is 5.74. The summed E-state index contributed by atoms with van der Waals surface area (Å²) >= 11 is 0. The Balaban J connectivity index is 2.20. The van der Waals surface area contributed by atoms with Crippen molar-refractivity contribution in [2.24, 2.45) is 11.3 Å². The van der Waals surface area contributed by atoms with E-state index in [1.165, 1.54) is 12.0 Å². The molecule has 8 heteroatoms. The van der Waals surface area contributed by atoms with Crippen LogP contribution in [0.4, 0.5) is 4.79 Å². The van der Waals surface area contributed by atoms with Gasteiger partial charge in [-0.1, -0.05) is 46.8 Å². The molecule has 1 heterocycles. The van der Waals surface area contributed by atoms with Gasteiger partial charge in [-0.25, -0.2) is 4.79 Å². The average Bonchev–Trinajstić information content (AvgIpc) is 3.22. The predicted molar refractivity (Wildman–Crippen MR) is 122 cm³/mol. The van der Waals surface area contributed by atoms with Crippen LogP contribution in [0.1, 0.15) is 57.8 Å². The average molecular weight is 446 g/mol. The van der Waals surface area contributed by atoms with Gasteiger partial charge < -0.3 is 25.1 Å². The largest absolute Gasteiger partial charge is 0.496 e. The number of carbonyl (C=O) groups excluding carboxylic acids is 4. The molecule has 0 bridgehead atoms. The summed E-state index contributed by atoms with van der Waals surface area (Å²) in [5, 5.41) is 5.50. The highest BCUT2D eigenvalue weighted by molar-refractivity contribution is 6.04. The number of Topliss-reactive ketones (excluding diaryl/α,β-unsaturated/α-hetero) is 1. The maximum Gasteiger partial charge on any atom is 0.316 e. The number of para-hydroxylation sites is 1.